The number of aryl methyl sites for hydroxylation is 3. The molecule has 0 spiro atoms. The molecule has 4 aromatic rings. The van der Waals surface area contributed by atoms with E-state index in [-0.39, 0.29) is 11.8 Å². The Morgan fingerprint density at radius 1 is 1.07 bits per heavy atom. The van der Waals surface area contributed by atoms with E-state index >= 15 is 0 Å². The van der Waals surface area contributed by atoms with Crippen molar-refractivity contribution in [3.8, 4) is 5.00 Å². The Labute approximate surface area is 258 Å². The molecular weight excluding hydrogens is 584 g/mol. The van der Waals surface area contributed by atoms with Crippen LogP contribution in [-0.2, 0) is 17.6 Å². The summed E-state index contributed by atoms with van der Waals surface area (Å²) in [4.78, 5) is 33.2. The standard InChI is InChI=1S/C33H31ClN4O2S2/c1-18-12-14-23(15-13-18)35-31(40)29-24-8-5-6-11-27(24)41-32(29)38-19(2)16-22(21(38)4)17-28-30(39)37-33(42-28)36-26-10-7-9-25(34)20(26)3/h7,9-10,12-17H,5-6,8,11H2,1-4H3,(H,35,40)(H,36,37,39)/b28-17-. The number of fused-ring (bicyclic) bond motifs is 1. The summed E-state index contributed by atoms with van der Waals surface area (Å²) in [6, 6.07) is 15.5. The zero-order valence-corrected chi connectivity index (χ0v) is 26.3. The molecule has 2 N–H and O–H groups in total. The fourth-order valence-corrected chi connectivity index (χ4v) is 7.96. The molecule has 2 aromatic carbocycles. The average Bonchev–Trinajstić information content (AvgIpc) is 3.60. The van der Waals surface area contributed by atoms with E-state index in [1.165, 1.54) is 22.2 Å². The second-order valence-electron chi connectivity index (χ2n) is 10.7. The largest absolute Gasteiger partial charge is 0.322 e. The second-order valence-corrected chi connectivity index (χ2v) is 13.3. The molecule has 6 nitrogen and oxygen atoms in total. The number of nitrogens with one attached hydrogen (secondary N) is 2. The highest BCUT2D eigenvalue weighted by Gasteiger charge is 2.29. The lowest BCUT2D eigenvalue weighted by molar-refractivity contribution is -0.115. The molecule has 1 fully saturated rings. The normalized spacial score (nSPS) is 16.6. The Morgan fingerprint density at radius 3 is 2.62 bits per heavy atom. The monoisotopic (exact) mass is 614 g/mol. The Hall–Kier alpha value is -3.59. The van der Waals surface area contributed by atoms with E-state index < -0.39 is 0 Å². The van der Waals surface area contributed by atoms with E-state index in [1.807, 2.05) is 76.2 Å². The zero-order valence-electron chi connectivity index (χ0n) is 23.9. The predicted octanol–water partition coefficient (Wildman–Crippen LogP) is 8.45. The maximum Gasteiger partial charge on any atom is 0.264 e. The first-order valence-electron chi connectivity index (χ1n) is 14.0. The zero-order chi connectivity index (χ0) is 29.5. The Balaban J connectivity index is 1.35. The van der Waals surface area contributed by atoms with Crippen molar-refractivity contribution in [3.63, 3.8) is 0 Å². The van der Waals surface area contributed by atoms with Crippen molar-refractivity contribution < 1.29 is 9.59 Å². The number of hydrogen-bond donors (Lipinski definition) is 2. The van der Waals surface area contributed by atoms with Crippen LogP contribution in [0.3, 0.4) is 0 Å². The number of aliphatic imine (C=N–C) groups is 1. The highest BCUT2D eigenvalue weighted by molar-refractivity contribution is 8.18. The lowest BCUT2D eigenvalue weighted by Crippen LogP contribution is -2.19. The molecular formula is C33H31ClN4O2S2. The van der Waals surface area contributed by atoms with Gasteiger partial charge in [-0.25, -0.2) is 4.99 Å². The maximum absolute atomic E-state index is 13.8. The van der Waals surface area contributed by atoms with Gasteiger partial charge in [-0.3, -0.25) is 9.59 Å². The molecule has 3 heterocycles. The number of carbonyl (C=O) groups is 2. The van der Waals surface area contributed by atoms with Gasteiger partial charge >= 0.3 is 0 Å². The summed E-state index contributed by atoms with van der Waals surface area (Å²) < 4.78 is 2.17. The third kappa shape index (κ3) is 5.46. The molecule has 2 amide bonds. The smallest absolute Gasteiger partial charge is 0.264 e. The summed E-state index contributed by atoms with van der Waals surface area (Å²) >= 11 is 9.28. The second kappa shape index (κ2) is 11.6. The fourth-order valence-electron chi connectivity index (χ4n) is 5.47. The van der Waals surface area contributed by atoms with Crippen LogP contribution in [0.15, 0.2) is 58.4 Å². The van der Waals surface area contributed by atoms with Crippen molar-refractivity contribution in [3.05, 3.63) is 103 Å². The number of aromatic nitrogens is 1. The van der Waals surface area contributed by atoms with Crippen molar-refractivity contribution >= 4 is 69.1 Å². The van der Waals surface area contributed by atoms with Crippen LogP contribution in [-0.4, -0.2) is 21.5 Å². The molecule has 9 heteroatoms. The molecule has 214 valence electrons. The first-order chi connectivity index (χ1) is 20.2. The minimum Gasteiger partial charge on any atom is -0.322 e. The van der Waals surface area contributed by atoms with E-state index in [2.05, 4.69) is 26.3 Å². The lowest BCUT2D eigenvalue weighted by atomic mass is 9.95. The van der Waals surface area contributed by atoms with Gasteiger partial charge in [-0.05, 0) is 118 Å². The van der Waals surface area contributed by atoms with Gasteiger partial charge in [-0.15, -0.1) is 11.3 Å². The van der Waals surface area contributed by atoms with E-state index in [0.29, 0.717) is 15.1 Å². The fraction of sp³-hybridized carbons (Fsp3) is 0.242. The first kappa shape index (κ1) is 28.5. The molecule has 0 unspecified atom stereocenters. The Bertz CT molecular complexity index is 1800. The highest BCUT2D eigenvalue weighted by Crippen LogP contribution is 2.40. The van der Waals surface area contributed by atoms with Crippen LogP contribution in [0.2, 0.25) is 5.02 Å². The van der Waals surface area contributed by atoms with Crippen molar-refractivity contribution in [2.24, 2.45) is 4.99 Å². The molecule has 6 rings (SSSR count). The van der Waals surface area contributed by atoms with Gasteiger partial charge in [0.15, 0.2) is 5.17 Å². The van der Waals surface area contributed by atoms with Crippen LogP contribution in [0.5, 0.6) is 0 Å². The number of rotatable bonds is 5. The van der Waals surface area contributed by atoms with E-state index in [1.54, 1.807) is 11.3 Å². The van der Waals surface area contributed by atoms with Gasteiger partial charge in [0.25, 0.3) is 11.8 Å². The molecule has 0 saturated carbocycles. The number of benzene rings is 2. The van der Waals surface area contributed by atoms with Gasteiger partial charge in [0, 0.05) is 27.0 Å². The third-order valence-corrected chi connectivity index (χ3v) is 10.4. The van der Waals surface area contributed by atoms with Crippen LogP contribution in [0.25, 0.3) is 11.1 Å². The summed E-state index contributed by atoms with van der Waals surface area (Å²) in [5, 5.41) is 8.11. The van der Waals surface area contributed by atoms with Crippen LogP contribution in [0, 0.1) is 27.7 Å². The summed E-state index contributed by atoms with van der Waals surface area (Å²) in [7, 11) is 0. The molecule has 0 atom stereocenters. The van der Waals surface area contributed by atoms with Crippen LogP contribution in [0.4, 0.5) is 11.4 Å². The highest BCUT2D eigenvalue weighted by atomic mass is 35.5. The maximum atomic E-state index is 13.8. The first-order valence-corrected chi connectivity index (χ1v) is 16.0. The summed E-state index contributed by atoms with van der Waals surface area (Å²) in [5.41, 5.74) is 8.37. The minimum absolute atomic E-state index is 0.0800. The number of hydrogen-bond acceptors (Lipinski definition) is 5. The molecule has 1 aliphatic heterocycles. The number of nitrogens with zero attached hydrogens (tertiary/aromatic N) is 2. The van der Waals surface area contributed by atoms with Gasteiger partial charge in [-0.1, -0.05) is 35.4 Å². The van der Waals surface area contributed by atoms with Crippen LogP contribution in [0.1, 0.15) is 61.7 Å². The SMILES string of the molecule is Cc1ccc(NC(=O)c2c(-n3c(C)cc(/C=C4\SC(=Nc5cccc(Cl)c5C)NC4=O)c3C)sc3c2CCCC3)cc1. The number of amidine groups is 1. The number of thiophene rings is 1. The van der Waals surface area contributed by atoms with Crippen molar-refractivity contribution in [2.45, 2.75) is 53.4 Å². The topological polar surface area (TPSA) is 75.5 Å². The van der Waals surface area contributed by atoms with Gasteiger partial charge in [0.05, 0.1) is 16.2 Å². The summed E-state index contributed by atoms with van der Waals surface area (Å²) in [6.07, 6.45) is 6.03. The molecule has 0 radical (unpaired) electrons. The average molecular weight is 615 g/mol. The van der Waals surface area contributed by atoms with E-state index in [9.17, 15) is 9.59 Å². The van der Waals surface area contributed by atoms with Crippen molar-refractivity contribution in [2.75, 3.05) is 5.32 Å². The third-order valence-electron chi connectivity index (χ3n) is 7.76. The van der Waals surface area contributed by atoms with Crippen LogP contribution >= 0.6 is 34.7 Å². The van der Waals surface area contributed by atoms with Gasteiger partial charge in [-0.2, -0.15) is 0 Å². The number of anilines is 1. The minimum atomic E-state index is -0.187. The van der Waals surface area contributed by atoms with Gasteiger partial charge in [0.2, 0.25) is 0 Å². The Morgan fingerprint density at radius 2 is 1.83 bits per heavy atom. The number of thioether (sulfide) groups is 1. The summed E-state index contributed by atoms with van der Waals surface area (Å²) in [5.74, 6) is -0.267. The van der Waals surface area contributed by atoms with Crippen LogP contribution < -0.4 is 10.6 Å². The van der Waals surface area contributed by atoms with Gasteiger partial charge in [0.1, 0.15) is 5.00 Å². The molecule has 42 heavy (non-hydrogen) atoms. The molecule has 1 aliphatic carbocycles. The number of halogens is 1. The lowest BCUT2D eigenvalue weighted by Gasteiger charge is -2.14. The van der Waals surface area contributed by atoms with E-state index in [0.717, 1.165) is 75.7 Å². The predicted molar refractivity (Wildman–Crippen MR) is 176 cm³/mol. The molecule has 2 aromatic heterocycles. The van der Waals surface area contributed by atoms with Crippen molar-refractivity contribution in [1.82, 2.24) is 9.88 Å². The molecule has 0 bridgehead atoms. The van der Waals surface area contributed by atoms with Crippen molar-refractivity contribution in [1.29, 1.82) is 0 Å². The molecule has 1 saturated heterocycles. The quantitative estimate of drug-likeness (QED) is 0.221. The molecule has 2 aliphatic rings. The number of carbonyl (C=O) groups excluding carboxylic acids is 2. The van der Waals surface area contributed by atoms with E-state index in [4.69, 9.17) is 11.6 Å². The van der Waals surface area contributed by atoms with Gasteiger partial charge < -0.3 is 15.2 Å². The Kier molecular flexibility index (Phi) is 7.87. The number of amides is 2. The summed E-state index contributed by atoms with van der Waals surface area (Å²) in [6.45, 7) is 8.03.